The maximum atomic E-state index is 10.5. The van der Waals surface area contributed by atoms with E-state index in [0.29, 0.717) is 4.90 Å². The number of hydrogen-bond donors (Lipinski definition) is 3. The molecule has 0 atom stereocenters. The lowest BCUT2D eigenvalue weighted by Crippen LogP contribution is -2.36. The molecule has 1 amide bonds. The van der Waals surface area contributed by atoms with E-state index in [1.807, 2.05) is 0 Å². The van der Waals surface area contributed by atoms with Gasteiger partial charge in [-0.2, -0.15) is 0 Å². The molecule has 0 aliphatic carbocycles. The van der Waals surface area contributed by atoms with Gasteiger partial charge in [0, 0.05) is 0 Å². The van der Waals surface area contributed by atoms with Gasteiger partial charge in [-0.3, -0.25) is 14.4 Å². The van der Waals surface area contributed by atoms with Gasteiger partial charge >= 0.3 is 11.9 Å². The molecule has 0 heterocycles. The van der Waals surface area contributed by atoms with Crippen LogP contribution in [-0.2, 0) is 9.59 Å². The Bertz CT molecular complexity index is 200. The topological polar surface area (TPSA) is 94.9 Å². The number of hydrogen-bond acceptors (Lipinski definition) is 3. The van der Waals surface area contributed by atoms with Gasteiger partial charge in [-0.15, -0.1) is 0 Å². The van der Waals surface area contributed by atoms with Crippen LogP contribution in [0.25, 0.3) is 0 Å². The van der Waals surface area contributed by atoms with Crippen molar-refractivity contribution in [2.24, 2.45) is 0 Å². The Balaban J connectivity index is 4.14. The van der Waals surface area contributed by atoms with Crippen molar-refractivity contribution in [1.29, 1.82) is 0 Å². The highest BCUT2D eigenvalue weighted by molar-refractivity contribution is 7.96. The Labute approximate surface area is 73.2 Å². The summed E-state index contributed by atoms with van der Waals surface area (Å²) in [4.78, 5) is 31.2. The summed E-state index contributed by atoms with van der Waals surface area (Å²) in [6.07, 6.45) is 0. The van der Waals surface area contributed by atoms with Gasteiger partial charge in [0.1, 0.15) is 13.1 Å². The molecule has 0 bridgehead atoms. The standard InChI is InChI=1S/C5H7NO5S/c7-3(8)1-6(5(11)12)2-4(9)10/h1-2H2,(H,7,8)(H,9,10)(H,11,12). The second-order valence-electron chi connectivity index (χ2n) is 1.93. The minimum atomic E-state index is -1.28. The summed E-state index contributed by atoms with van der Waals surface area (Å²) in [5.74, 6) is -2.56. The van der Waals surface area contributed by atoms with Gasteiger partial charge < -0.3 is 15.1 Å². The summed E-state index contributed by atoms with van der Waals surface area (Å²) < 4.78 is 0. The largest absolute Gasteiger partial charge is 0.480 e. The molecule has 68 valence electrons. The molecule has 2 N–H and O–H groups in total. The zero-order valence-electron chi connectivity index (χ0n) is 5.93. The quantitative estimate of drug-likeness (QED) is 0.523. The van der Waals surface area contributed by atoms with E-state index in [1.165, 1.54) is 0 Å². The molecule has 0 aromatic rings. The van der Waals surface area contributed by atoms with Crippen molar-refractivity contribution in [2.45, 2.75) is 0 Å². The van der Waals surface area contributed by atoms with Crippen LogP contribution in [0.3, 0.4) is 0 Å². The number of aliphatic carboxylic acids is 2. The molecule has 0 saturated heterocycles. The lowest BCUT2D eigenvalue weighted by atomic mass is 10.5. The molecule has 0 saturated carbocycles. The Hall–Kier alpha value is -1.24. The fraction of sp³-hybridized carbons (Fsp3) is 0.400. The first kappa shape index (κ1) is 10.8. The summed E-state index contributed by atoms with van der Waals surface area (Å²) in [6, 6.07) is 0. The molecule has 0 aliphatic heterocycles. The summed E-state index contributed by atoms with van der Waals surface area (Å²) in [5, 5.41) is 15.6. The van der Waals surface area contributed by atoms with Gasteiger partial charge in [0.25, 0.3) is 5.24 Å². The zero-order valence-corrected chi connectivity index (χ0v) is 6.82. The number of thiol groups is 1. The maximum Gasteiger partial charge on any atom is 0.323 e. The maximum absolute atomic E-state index is 10.5. The van der Waals surface area contributed by atoms with Gasteiger partial charge in [-0.1, -0.05) is 12.6 Å². The zero-order chi connectivity index (χ0) is 9.72. The van der Waals surface area contributed by atoms with Crippen molar-refractivity contribution in [1.82, 2.24) is 4.90 Å². The second kappa shape index (κ2) is 4.60. The molecular formula is C5H7NO5S. The second-order valence-corrected chi connectivity index (χ2v) is 2.31. The van der Waals surface area contributed by atoms with Crippen molar-refractivity contribution < 1.29 is 24.6 Å². The fourth-order valence-corrected chi connectivity index (χ4v) is 0.659. The van der Waals surface area contributed by atoms with Crippen LogP contribution in [0.15, 0.2) is 0 Å². The SMILES string of the molecule is O=C(O)CN(CC(=O)O)C(=O)S. The van der Waals surface area contributed by atoms with Crippen LogP contribution in [0.5, 0.6) is 0 Å². The average Bonchev–Trinajstić information content (AvgIpc) is 1.83. The van der Waals surface area contributed by atoms with Crippen LogP contribution < -0.4 is 0 Å². The van der Waals surface area contributed by atoms with E-state index < -0.39 is 30.3 Å². The molecule has 0 radical (unpaired) electrons. The average molecular weight is 193 g/mol. The van der Waals surface area contributed by atoms with E-state index in [-0.39, 0.29) is 0 Å². The van der Waals surface area contributed by atoms with E-state index >= 15 is 0 Å². The van der Waals surface area contributed by atoms with E-state index in [0.717, 1.165) is 0 Å². The van der Waals surface area contributed by atoms with Crippen LogP contribution in [-0.4, -0.2) is 45.4 Å². The monoisotopic (exact) mass is 193 g/mol. The molecule has 0 unspecified atom stereocenters. The van der Waals surface area contributed by atoms with Crippen LogP contribution in [0.4, 0.5) is 4.79 Å². The van der Waals surface area contributed by atoms with Gasteiger partial charge in [0.15, 0.2) is 0 Å². The van der Waals surface area contributed by atoms with E-state index in [4.69, 9.17) is 10.2 Å². The molecule has 0 rings (SSSR count). The first-order chi connectivity index (χ1) is 5.43. The first-order valence-corrected chi connectivity index (χ1v) is 3.29. The van der Waals surface area contributed by atoms with E-state index in [9.17, 15) is 14.4 Å². The highest BCUT2D eigenvalue weighted by Crippen LogP contribution is 1.94. The van der Waals surface area contributed by atoms with Crippen molar-refractivity contribution in [3.8, 4) is 0 Å². The Kier molecular flexibility index (Phi) is 4.12. The van der Waals surface area contributed by atoms with Gasteiger partial charge in [-0.05, 0) is 0 Å². The number of nitrogens with zero attached hydrogens (tertiary/aromatic N) is 1. The number of carbonyl (C=O) groups excluding carboxylic acids is 1. The Morgan fingerprint density at radius 3 is 1.58 bits per heavy atom. The van der Waals surface area contributed by atoms with Crippen molar-refractivity contribution in [3.05, 3.63) is 0 Å². The van der Waals surface area contributed by atoms with Crippen molar-refractivity contribution in [3.63, 3.8) is 0 Å². The third-order valence-electron chi connectivity index (χ3n) is 0.923. The third-order valence-corrected chi connectivity index (χ3v) is 1.21. The normalized spacial score (nSPS) is 9.08. The van der Waals surface area contributed by atoms with Crippen molar-refractivity contribution >= 4 is 29.8 Å². The number of carbonyl (C=O) groups is 3. The lowest BCUT2D eigenvalue weighted by Gasteiger charge is -2.14. The van der Waals surface area contributed by atoms with Crippen LogP contribution >= 0.6 is 12.6 Å². The molecular weight excluding hydrogens is 186 g/mol. The number of carboxylic acid groups (broad SMARTS) is 2. The van der Waals surface area contributed by atoms with E-state index in [1.54, 1.807) is 0 Å². The van der Waals surface area contributed by atoms with Crippen LogP contribution in [0.2, 0.25) is 0 Å². The molecule has 7 heteroatoms. The smallest absolute Gasteiger partial charge is 0.323 e. The molecule has 0 aromatic carbocycles. The third kappa shape index (κ3) is 4.56. The number of amides is 1. The minimum Gasteiger partial charge on any atom is -0.480 e. The molecule has 0 aromatic heterocycles. The van der Waals surface area contributed by atoms with Gasteiger partial charge in [0.2, 0.25) is 0 Å². The predicted octanol–water partition coefficient (Wildman–Crippen LogP) is -0.493. The van der Waals surface area contributed by atoms with Crippen LogP contribution in [0.1, 0.15) is 0 Å². The molecule has 0 aliphatic rings. The molecule has 0 fully saturated rings. The highest BCUT2D eigenvalue weighted by atomic mass is 32.1. The summed E-state index contributed by atoms with van der Waals surface area (Å²) in [7, 11) is 0. The Morgan fingerprint density at radius 1 is 1.08 bits per heavy atom. The van der Waals surface area contributed by atoms with Gasteiger partial charge in [0.05, 0.1) is 0 Å². The minimum absolute atomic E-state index is 0.591. The predicted molar refractivity (Wildman–Crippen MR) is 41.2 cm³/mol. The first-order valence-electron chi connectivity index (χ1n) is 2.85. The molecule has 0 spiro atoms. The van der Waals surface area contributed by atoms with E-state index in [2.05, 4.69) is 12.6 Å². The summed E-state index contributed by atoms with van der Waals surface area (Å²) in [6.45, 7) is -1.32. The number of rotatable bonds is 4. The molecule has 6 nitrogen and oxygen atoms in total. The lowest BCUT2D eigenvalue weighted by molar-refractivity contribution is -0.140. The molecule has 12 heavy (non-hydrogen) atoms. The van der Waals surface area contributed by atoms with Crippen molar-refractivity contribution in [2.75, 3.05) is 13.1 Å². The summed E-state index contributed by atoms with van der Waals surface area (Å²) >= 11 is 3.30. The summed E-state index contributed by atoms with van der Waals surface area (Å²) in [5.41, 5.74) is 0. The number of carboxylic acids is 2. The van der Waals surface area contributed by atoms with Crippen LogP contribution in [0, 0.1) is 0 Å². The highest BCUT2D eigenvalue weighted by Gasteiger charge is 2.16. The Morgan fingerprint density at radius 2 is 1.42 bits per heavy atom. The fourth-order valence-electron chi connectivity index (χ4n) is 0.518. The van der Waals surface area contributed by atoms with Gasteiger partial charge in [-0.25, -0.2) is 0 Å².